The molecule has 0 bridgehead atoms. The van der Waals surface area contributed by atoms with Crippen LogP contribution in [0.2, 0.25) is 0 Å². The topological polar surface area (TPSA) is 217 Å². The molecule has 0 saturated heterocycles. The van der Waals surface area contributed by atoms with Crippen LogP contribution in [-0.2, 0) is 28.8 Å². The molecule has 0 rings (SSSR count). The van der Waals surface area contributed by atoms with Crippen molar-refractivity contribution in [1.29, 1.82) is 0 Å². The lowest BCUT2D eigenvalue weighted by Gasteiger charge is -2.15. The summed E-state index contributed by atoms with van der Waals surface area (Å²) in [5.41, 5.74) is 0. The van der Waals surface area contributed by atoms with Gasteiger partial charge in [-0.2, -0.15) is 0 Å². The zero-order valence-corrected chi connectivity index (χ0v) is 23.3. The molecule has 0 aliphatic carbocycles. The second-order valence-electron chi connectivity index (χ2n) is 9.35. The van der Waals surface area contributed by atoms with Gasteiger partial charge < -0.3 is 15.7 Å². The number of hydroxylamine groups is 6. The Kier molecular flexibility index (Phi) is 20.7. The van der Waals surface area contributed by atoms with Crippen molar-refractivity contribution < 1.29 is 49.5 Å². The molecule has 5 amide bonds. The lowest BCUT2D eigenvalue weighted by molar-refractivity contribution is -0.166. The first kappa shape index (κ1) is 36.7. The first-order valence-electron chi connectivity index (χ1n) is 13.6. The number of carbonyl (C=O) groups is 6. The molecule has 0 fully saturated rings. The van der Waals surface area contributed by atoms with Gasteiger partial charge in [0.2, 0.25) is 29.5 Å². The van der Waals surface area contributed by atoms with Crippen LogP contribution in [0.3, 0.4) is 0 Å². The summed E-state index contributed by atoms with van der Waals surface area (Å²) in [4.78, 5) is 68.8. The largest absolute Gasteiger partial charge is 0.481 e. The van der Waals surface area contributed by atoms with Crippen LogP contribution < -0.4 is 10.6 Å². The van der Waals surface area contributed by atoms with E-state index in [1.165, 1.54) is 6.92 Å². The molecular formula is C25H45N5O10. The highest BCUT2D eigenvalue weighted by Crippen LogP contribution is 2.03. The fourth-order valence-corrected chi connectivity index (χ4v) is 3.40. The number of nitrogens with zero attached hydrogens (tertiary/aromatic N) is 3. The summed E-state index contributed by atoms with van der Waals surface area (Å²) < 4.78 is 0. The molecule has 0 radical (unpaired) electrons. The maximum atomic E-state index is 12.0. The molecule has 0 spiro atoms. The van der Waals surface area contributed by atoms with Crippen molar-refractivity contribution >= 4 is 35.5 Å². The Balaban J connectivity index is 3.77. The van der Waals surface area contributed by atoms with Crippen molar-refractivity contribution in [1.82, 2.24) is 25.8 Å². The van der Waals surface area contributed by atoms with Gasteiger partial charge in [0.25, 0.3) is 0 Å². The minimum absolute atomic E-state index is 0.00194. The summed E-state index contributed by atoms with van der Waals surface area (Å²) in [6, 6.07) is 0. The molecule has 0 atom stereocenters. The van der Waals surface area contributed by atoms with E-state index in [4.69, 9.17) is 5.11 Å². The Hall–Kier alpha value is -3.30. The Labute approximate surface area is 234 Å². The number of rotatable bonds is 23. The third-order valence-electron chi connectivity index (χ3n) is 5.82. The van der Waals surface area contributed by atoms with Crippen LogP contribution >= 0.6 is 0 Å². The molecule has 6 N–H and O–H groups in total. The molecule has 0 aliphatic rings. The summed E-state index contributed by atoms with van der Waals surface area (Å²) in [6.07, 6.45) is 3.82. The van der Waals surface area contributed by atoms with E-state index in [0.29, 0.717) is 79.6 Å². The van der Waals surface area contributed by atoms with Crippen molar-refractivity contribution in [3.05, 3.63) is 0 Å². The fourth-order valence-electron chi connectivity index (χ4n) is 3.40. The number of amides is 5. The van der Waals surface area contributed by atoms with Crippen LogP contribution in [0.1, 0.15) is 90.4 Å². The maximum absolute atomic E-state index is 12.0. The number of carboxylic acids is 1. The monoisotopic (exact) mass is 575 g/mol. The van der Waals surface area contributed by atoms with Gasteiger partial charge in [0.05, 0.1) is 0 Å². The van der Waals surface area contributed by atoms with Gasteiger partial charge in [0.15, 0.2) is 0 Å². The van der Waals surface area contributed by atoms with Gasteiger partial charge in [-0.15, -0.1) is 0 Å². The van der Waals surface area contributed by atoms with Gasteiger partial charge in [-0.1, -0.05) is 0 Å². The fraction of sp³-hybridized carbons (Fsp3) is 0.760. The molecule has 230 valence electrons. The molecule has 0 aliphatic heterocycles. The number of carboxylic acid groups (broad SMARTS) is 1. The van der Waals surface area contributed by atoms with E-state index >= 15 is 0 Å². The van der Waals surface area contributed by atoms with Gasteiger partial charge in [-0.05, 0) is 51.4 Å². The Morgan fingerprint density at radius 3 is 1.32 bits per heavy atom. The molecule has 15 nitrogen and oxygen atoms in total. The van der Waals surface area contributed by atoms with E-state index in [2.05, 4.69) is 10.6 Å². The average molecular weight is 576 g/mol. The predicted molar refractivity (Wildman–Crippen MR) is 140 cm³/mol. The summed E-state index contributed by atoms with van der Waals surface area (Å²) in [5.74, 6) is -3.22. The molecule has 15 heteroatoms. The van der Waals surface area contributed by atoms with Crippen LogP contribution in [0.4, 0.5) is 0 Å². The number of hydrogen-bond donors (Lipinski definition) is 6. The zero-order chi connectivity index (χ0) is 30.3. The highest BCUT2D eigenvalue weighted by atomic mass is 16.5. The Bertz CT molecular complexity index is 811. The van der Waals surface area contributed by atoms with Gasteiger partial charge in [-0.25, -0.2) is 15.2 Å². The smallest absolute Gasteiger partial charge is 0.303 e. The van der Waals surface area contributed by atoms with Gasteiger partial charge in [0.1, 0.15) is 0 Å². The molecule has 0 aromatic rings. The van der Waals surface area contributed by atoms with E-state index in [0.717, 1.165) is 0 Å². The lowest BCUT2D eigenvalue weighted by Crippen LogP contribution is -2.31. The van der Waals surface area contributed by atoms with Crippen LogP contribution in [0.5, 0.6) is 0 Å². The normalized spacial score (nSPS) is 10.5. The van der Waals surface area contributed by atoms with Gasteiger partial charge in [0, 0.05) is 71.8 Å². The third-order valence-corrected chi connectivity index (χ3v) is 5.82. The minimum atomic E-state index is -0.947. The summed E-state index contributed by atoms with van der Waals surface area (Å²) >= 11 is 0. The third kappa shape index (κ3) is 20.6. The van der Waals surface area contributed by atoms with Crippen molar-refractivity contribution in [2.45, 2.75) is 90.4 Å². The molecule has 0 heterocycles. The average Bonchev–Trinajstić information content (AvgIpc) is 2.91. The van der Waals surface area contributed by atoms with Crippen molar-refractivity contribution in [2.75, 3.05) is 32.7 Å². The van der Waals surface area contributed by atoms with Crippen molar-refractivity contribution in [3.63, 3.8) is 0 Å². The second-order valence-corrected chi connectivity index (χ2v) is 9.35. The maximum Gasteiger partial charge on any atom is 0.303 e. The van der Waals surface area contributed by atoms with Crippen molar-refractivity contribution in [3.8, 4) is 0 Å². The number of nitrogens with one attached hydrogen (secondary N) is 2. The quantitative estimate of drug-likeness (QED) is 0.0578. The minimum Gasteiger partial charge on any atom is -0.481 e. The predicted octanol–water partition coefficient (Wildman–Crippen LogP) is 1.05. The molecule has 40 heavy (non-hydrogen) atoms. The Morgan fingerprint density at radius 1 is 0.525 bits per heavy atom. The SMILES string of the molecule is CC(=O)N(O)CCCCCNC(=O)CCC(=O)N(O)CCCCCNC(=O)CCC(=O)N(O)CCCCC(=O)O. The number of hydrogen-bond acceptors (Lipinski definition) is 9. The van der Waals surface area contributed by atoms with Crippen LogP contribution in [0, 0.1) is 0 Å². The number of unbranched alkanes of at least 4 members (excludes halogenated alkanes) is 5. The molecular weight excluding hydrogens is 530 g/mol. The van der Waals surface area contributed by atoms with Gasteiger partial charge in [-0.3, -0.25) is 44.4 Å². The van der Waals surface area contributed by atoms with Crippen LogP contribution in [-0.4, -0.2) is 104 Å². The molecule has 0 saturated carbocycles. The number of carbonyl (C=O) groups excluding carboxylic acids is 5. The van der Waals surface area contributed by atoms with Crippen LogP contribution in [0.25, 0.3) is 0 Å². The highest BCUT2D eigenvalue weighted by Gasteiger charge is 2.14. The summed E-state index contributed by atoms with van der Waals surface area (Å²) in [5, 5.41) is 44.3. The first-order valence-corrected chi connectivity index (χ1v) is 13.6. The zero-order valence-electron chi connectivity index (χ0n) is 23.3. The van der Waals surface area contributed by atoms with E-state index in [1.54, 1.807) is 0 Å². The molecule has 0 aromatic carbocycles. The molecule has 0 unspecified atom stereocenters. The standard InChI is InChI=1S/C25H45N5O10/c1-20(31)28(38)17-7-2-5-15-26-21(32)11-13-23(34)29(39)18-8-3-6-16-27-22(33)12-14-24(35)30(40)19-9-4-10-25(36)37/h38-40H,2-19H2,1H3,(H,26,32)(H,27,33)(H,36,37). The first-order chi connectivity index (χ1) is 18.9. The van der Waals surface area contributed by atoms with E-state index in [-0.39, 0.29) is 63.6 Å². The van der Waals surface area contributed by atoms with E-state index in [9.17, 15) is 44.4 Å². The summed E-state index contributed by atoms with van der Waals surface area (Å²) in [7, 11) is 0. The number of aliphatic carboxylic acids is 1. The van der Waals surface area contributed by atoms with Crippen LogP contribution in [0.15, 0.2) is 0 Å². The lowest BCUT2D eigenvalue weighted by atomic mass is 10.2. The van der Waals surface area contributed by atoms with Gasteiger partial charge >= 0.3 is 5.97 Å². The second kappa shape index (κ2) is 22.5. The summed E-state index contributed by atoms with van der Waals surface area (Å²) in [6.45, 7) is 2.33. The highest BCUT2D eigenvalue weighted by molar-refractivity contribution is 5.83. The van der Waals surface area contributed by atoms with E-state index in [1.807, 2.05) is 0 Å². The van der Waals surface area contributed by atoms with E-state index < -0.39 is 23.7 Å². The Morgan fingerprint density at radius 2 is 0.925 bits per heavy atom. The van der Waals surface area contributed by atoms with Crippen molar-refractivity contribution in [2.24, 2.45) is 0 Å². The molecule has 0 aromatic heterocycles.